The minimum absolute atomic E-state index is 0.0543. The van der Waals surface area contributed by atoms with E-state index in [1.54, 1.807) is 7.11 Å². The second-order valence-electron chi connectivity index (χ2n) is 5.59. The molecule has 2 aromatic rings. The normalized spacial score (nSPS) is 12.3. The van der Waals surface area contributed by atoms with Crippen molar-refractivity contribution in [1.29, 1.82) is 0 Å². The molecule has 0 aliphatic heterocycles. The Bertz CT molecular complexity index is 552. The number of aromatic nitrogens is 2. The number of aryl methyl sites for hydroxylation is 1. The van der Waals surface area contributed by atoms with Gasteiger partial charge in [-0.3, -0.25) is 0 Å². The molecule has 98 valence electrons. The van der Waals surface area contributed by atoms with Crippen molar-refractivity contribution < 1.29 is 4.84 Å². The maximum atomic E-state index is 4.87. The zero-order chi connectivity index (χ0) is 13.3. The Balaban J connectivity index is 2.45. The van der Waals surface area contributed by atoms with Gasteiger partial charge in [0.2, 0.25) is 0 Å². The van der Waals surface area contributed by atoms with Crippen LogP contribution in [0.1, 0.15) is 32.2 Å². The summed E-state index contributed by atoms with van der Waals surface area (Å²) in [7, 11) is 3.69. The summed E-state index contributed by atoms with van der Waals surface area (Å²) >= 11 is 0. The van der Waals surface area contributed by atoms with Gasteiger partial charge in [-0.2, -0.15) is 5.48 Å². The summed E-state index contributed by atoms with van der Waals surface area (Å²) in [6.45, 7) is 7.23. The Kier molecular flexibility index (Phi) is 3.41. The van der Waals surface area contributed by atoms with Crippen LogP contribution in [0.25, 0.3) is 11.0 Å². The summed E-state index contributed by atoms with van der Waals surface area (Å²) in [6, 6.07) is 6.32. The van der Waals surface area contributed by atoms with E-state index < -0.39 is 0 Å². The molecule has 4 heteroatoms. The van der Waals surface area contributed by atoms with Crippen LogP contribution < -0.4 is 5.48 Å². The Labute approximate surface area is 108 Å². The zero-order valence-electron chi connectivity index (χ0n) is 11.7. The van der Waals surface area contributed by atoms with Crippen molar-refractivity contribution >= 4 is 11.0 Å². The first-order valence-electron chi connectivity index (χ1n) is 6.15. The number of hydrogen-bond acceptors (Lipinski definition) is 3. The summed E-state index contributed by atoms with van der Waals surface area (Å²) in [6.07, 6.45) is 0. The van der Waals surface area contributed by atoms with Crippen molar-refractivity contribution in [2.45, 2.75) is 32.7 Å². The lowest BCUT2D eigenvalue weighted by Gasteiger charge is -2.17. The van der Waals surface area contributed by atoms with Gasteiger partial charge in [-0.1, -0.05) is 26.8 Å². The smallest absolute Gasteiger partial charge is 0.115 e. The van der Waals surface area contributed by atoms with Crippen molar-refractivity contribution in [3.63, 3.8) is 0 Å². The highest BCUT2D eigenvalue weighted by molar-refractivity contribution is 5.77. The highest BCUT2D eigenvalue weighted by Gasteiger charge is 2.21. The number of nitrogens with zero attached hydrogens (tertiary/aromatic N) is 2. The number of rotatable bonds is 3. The Morgan fingerprint density at radius 2 is 2.06 bits per heavy atom. The highest BCUT2D eigenvalue weighted by atomic mass is 16.6. The second-order valence-corrected chi connectivity index (χ2v) is 5.59. The fourth-order valence-corrected chi connectivity index (χ4v) is 2.18. The second kappa shape index (κ2) is 4.71. The Morgan fingerprint density at radius 3 is 2.67 bits per heavy atom. The summed E-state index contributed by atoms with van der Waals surface area (Å²) in [5.74, 6) is 1.11. The molecule has 4 nitrogen and oxygen atoms in total. The summed E-state index contributed by atoms with van der Waals surface area (Å²) in [5, 5.41) is 0. The Morgan fingerprint density at radius 1 is 1.33 bits per heavy atom. The minimum Gasteiger partial charge on any atom is -0.331 e. The average molecular weight is 247 g/mol. The quantitative estimate of drug-likeness (QED) is 0.847. The molecule has 18 heavy (non-hydrogen) atoms. The van der Waals surface area contributed by atoms with Crippen molar-refractivity contribution in [1.82, 2.24) is 15.0 Å². The van der Waals surface area contributed by atoms with Gasteiger partial charge in [0.25, 0.3) is 0 Å². The molecule has 1 heterocycles. The van der Waals surface area contributed by atoms with Gasteiger partial charge in [0, 0.05) is 19.0 Å². The average Bonchev–Trinajstić information content (AvgIpc) is 2.63. The molecule has 1 aromatic heterocycles. The van der Waals surface area contributed by atoms with Crippen LogP contribution in [-0.2, 0) is 23.8 Å². The lowest BCUT2D eigenvalue weighted by Crippen LogP contribution is -2.17. The van der Waals surface area contributed by atoms with Crippen molar-refractivity contribution in [2.75, 3.05) is 7.11 Å². The molecule has 0 saturated heterocycles. The summed E-state index contributed by atoms with van der Waals surface area (Å²) in [5.41, 5.74) is 6.28. The van der Waals surface area contributed by atoms with Gasteiger partial charge in [-0.25, -0.2) is 4.98 Å². The molecule has 0 bridgehead atoms. The third-order valence-corrected chi connectivity index (χ3v) is 3.04. The SMILES string of the molecule is CONCc1ccc2c(c1)nc(C(C)(C)C)n2C. The Hall–Kier alpha value is -1.39. The van der Waals surface area contributed by atoms with E-state index in [0.717, 1.165) is 11.3 Å². The molecule has 0 saturated carbocycles. The zero-order valence-corrected chi connectivity index (χ0v) is 11.7. The summed E-state index contributed by atoms with van der Waals surface area (Å²) in [4.78, 5) is 9.61. The van der Waals surface area contributed by atoms with E-state index in [9.17, 15) is 0 Å². The van der Waals surface area contributed by atoms with Crippen LogP contribution in [0.15, 0.2) is 18.2 Å². The van der Waals surface area contributed by atoms with Gasteiger partial charge < -0.3 is 9.40 Å². The molecule has 1 aromatic carbocycles. The molecule has 0 aliphatic rings. The third kappa shape index (κ3) is 2.40. The van der Waals surface area contributed by atoms with Gasteiger partial charge in [-0.05, 0) is 17.7 Å². The molecule has 0 fully saturated rings. The van der Waals surface area contributed by atoms with Crippen LogP contribution in [0.4, 0.5) is 0 Å². The fraction of sp³-hybridized carbons (Fsp3) is 0.500. The van der Waals surface area contributed by atoms with E-state index in [0.29, 0.717) is 6.54 Å². The van der Waals surface area contributed by atoms with Crippen LogP contribution in [-0.4, -0.2) is 16.7 Å². The maximum Gasteiger partial charge on any atom is 0.115 e. The maximum absolute atomic E-state index is 4.87. The predicted octanol–water partition coefficient (Wildman–Crippen LogP) is 2.52. The molecular formula is C14H21N3O. The largest absolute Gasteiger partial charge is 0.331 e. The van der Waals surface area contributed by atoms with Crippen LogP contribution in [0.3, 0.4) is 0 Å². The fourth-order valence-electron chi connectivity index (χ4n) is 2.18. The van der Waals surface area contributed by atoms with E-state index in [1.165, 1.54) is 11.1 Å². The number of nitrogens with one attached hydrogen (secondary N) is 1. The number of imidazole rings is 1. The molecule has 2 rings (SSSR count). The monoisotopic (exact) mass is 247 g/mol. The topological polar surface area (TPSA) is 39.1 Å². The van der Waals surface area contributed by atoms with Gasteiger partial charge >= 0.3 is 0 Å². The first-order valence-corrected chi connectivity index (χ1v) is 6.15. The standard InChI is InChI=1S/C14H21N3O/c1-14(2,3)13-16-11-8-10(9-15-18-5)6-7-12(11)17(13)4/h6-8,15H,9H2,1-5H3. The summed E-state index contributed by atoms with van der Waals surface area (Å²) < 4.78 is 2.17. The van der Waals surface area contributed by atoms with Gasteiger partial charge in [0.15, 0.2) is 0 Å². The number of benzene rings is 1. The van der Waals surface area contributed by atoms with Crippen molar-refractivity contribution in [2.24, 2.45) is 7.05 Å². The van der Waals surface area contributed by atoms with E-state index >= 15 is 0 Å². The van der Waals surface area contributed by atoms with Crippen LogP contribution in [0.2, 0.25) is 0 Å². The van der Waals surface area contributed by atoms with Gasteiger partial charge in [0.1, 0.15) is 5.82 Å². The first kappa shape index (κ1) is 13.1. The number of hydrogen-bond donors (Lipinski definition) is 1. The molecule has 0 unspecified atom stereocenters. The molecular weight excluding hydrogens is 226 g/mol. The molecule has 1 N–H and O–H groups in total. The minimum atomic E-state index is 0.0543. The van der Waals surface area contributed by atoms with Gasteiger partial charge in [0.05, 0.1) is 18.1 Å². The molecule has 0 radical (unpaired) electrons. The van der Waals surface area contributed by atoms with E-state index in [-0.39, 0.29) is 5.41 Å². The molecule has 0 aliphatic carbocycles. The first-order chi connectivity index (χ1) is 8.43. The lowest BCUT2D eigenvalue weighted by molar-refractivity contribution is 0.0867. The molecule has 0 amide bonds. The number of fused-ring (bicyclic) bond motifs is 1. The van der Waals surface area contributed by atoms with Crippen LogP contribution >= 0.6 is 0 Å². The van der Waals surface area contributed by atoms with Crippen molar-refractivity contribution in [3.05, 3.63) is 29.6 Å². The molecule has 0 spiro atoms. The molecule has 0 atom stereocenters. The van der Waals surface area contributed by atoms with E-state index in [1.807, 2.05) is 0 Å². The van der Waals surface area contributed by atoms with E-state index in [2.05, 4.69) is 56.1 Å². The highest BCUT2D eigenvalue weighted by Crippen LogP contribution is 2.25. The van der Waals surface area contributed by atoms with Gasteiger partial charge in [-0.15, -0.1) is 0 Å². The van der Waals surface area contributed by atoms with Crippen LogP contribution in [0, 0.1) is 0 Å². The third-order valence-electron chi connectivity index (χ3n) is 3.04. The van der Waals surface area contributed by atoms with E-state index in [4.69, 9.17) is 9.82 Å². The van der Waals surface area contributed by atoms with Crippen molar-refractivity contribution in [3.8, 4) is 0 Å². The predicted molar refractivity (Wildman–Crippen MR) is 73.3 cm³/mol. The lowest BCUT2D eigenvalue weighted by atomic mass is 9.96. The number of hydroxylamine groups is 1. The van der Waals surface area contributed by atoms with Crippen LogP contribution in [0.5, 0.6) is 0 Å².